The SMILES string of the molecule is CC(C)Cn1cc(/C=C/C=O)c(C(=O)c2ccccc2Cl)c1-c1ccccc1. The van der Waals surface area contributed by atoms with Crippen LogP contribution >= 0.6 is 11.6 Å². The third kappa shape index (κ3) is 4.15. The highest BCUT2D eigenvalue weighted by molar-refractivity contribution is 6.35. The number of carbonyl (C=O) groups is 2. The van der Waals surface area contributed by atoms with E-state index in [1.807, 2.05) is 36.5 Å². The van der Waals surface area contributed by atoms with E-state index in [2.05, 4.69) is 18.4 Å². The fourth-order valence-electron chi connectivity index (χ4n) is 3.31. The van der Waals surface area contributed by atoms with Crippen LogP contribution in [0.2, 0.25) is 5.02 Å². The lowest BCUT2D eigenvalue weighted by molar-refractivity contribution is -0.104. The molecule has 1 aromatic heterocycles. The van der Waals surface area contributed by atoms with Gasteiger partial charge in [-0.1, -0.05) is 67.9 Å². The molecule has 0 saturated heterocycles. The Kier molecular flexibility index (Phi) is 6.27. The number of aldehydes is 1. The van der Waals surface area contributed by atoms with E-state index >= 15 is 0 Å². The van der Waals surface area contributed by atoms with E-state index in [9.17, 15) is 9.59 Å². The van der Waals surface area contributed by atoms with Crippen LogP contribution in [0, 0.1) is 5.92 Å². The van der Waals surface area contributed by atoms with Gasteiger partial charge in [0.05, 0.1) is 16.3 Å². The van der Waals surface area contributed by atoms with E-state index in [0.717, 1.165) is 17.8 Å². The third-order valence-electron chi connectivity index (χ3n) is 4.42. The predicted molar refractivity (Wildman–Crippen MR) is 115 cm³/mol. The first-order valence-corrected chi connectivity index (χ1v) is 9.60. The van der Waals surface area contributed by atoms with Gasteiger partial charge in [0, 0.05) is 23.9 Å². The molecule has 2 aromatic carbocycles. The van der Waals surface area contributed by atoms with Crippen molar-refractivity contribution in [3.05, 3.63) is 88.6 Å². The second-order valence-corrected chi connectivity index (χ2v) is 7.43. The molecule has 28 heavy (non-hydrogen) atoms. The summed E-state index contributed by atoms with van der Waals surface area (Å²) in [6.45, 7) is 5.01. The Morgan fingerprint density at radius 3 is 2.39 bits per heavy atom. The predicted octanol–water partition coefficient (Wildman–Crippen LogP) is 5.91. The standard InChI is InChI=1S/C24H22ClNO2/c1-17(2)15-26-16-19(11-8-14-27)22(23(26)18-9-4-3-5-10-18)24(28)20-12-6-7-13-21(20)25/h3-14,16-17H,15H2,1-2H3/b11-8+. The second-order valence-electron chi connectivity index (χ2n) is 7.02. The Hall–Kier alpha value is -2.91. The van der Waals surface area contributed by atoms with E-state index in [4.69, 9.17) is 11.6 Å². The van der Waals surface area contributed by atoms with Gasteiger partial charge in [0.25, 0.3) is 0 Å². The molecule has 0 fully saturated rings. The minimum absolute atomic E-state index is 0.155. The lowest BCUT2D eigenvalue weighted by atomic mass is 9.96. The van der Waals surface area contributed by atoms with Gasteiger partial charge in [-0.25, -0.2) is 0 Å². The van der Waals surface area contributed by atoms with Gasteiger partial charge < -0.3 is 4.57 Å². The van der Waals surface area contributed by atoms with Crippen molar-refractivity contribution >= 4 is 29.7 Å². The quantitative estimate of drug-likeness (QED) is 0.285. The van der Waals surface area contributed by atoms with Crippen molar-refractivity contribution in [1.29, 1.82) is 0 Å². The van der Waals surface area contributed by atoms with Crippen LogP contribution in [0.5, 0.6) is 0 Å². The second kappa shape index (κ2) is 8.85. The molecule has 0 N–H and O–H groups in total. The number of rotatable bonds is 7. The maximum atomic E-state index is 13.5. The zero-order chi connectivity index (χ0) is 20.1. The lowest BCUT2D eigenvalue weighted by Gasteiger charge is -2.14. The summed E-state index contributed by atoms with van der Waals surface area (Å²) in [5.41, 5.74) is 3.49. The average molecular weight is 392 g/mol. The molecule has 0 radical (unpaired) electrons. The van der Waals surface area contributed by atoms with Gasteiger partial charge in [-0.05, 0) is 35.8 Å². The number of carbonyl (C=O) groups excluding carboxylic acids is 2. The molecule has 0 atom stereocenters. The van der Waals surface area contributed by atoms with Crippen molar-refractivity contribution in [2.75, 3.05) is 0 Å². The Bertz CT molecular complexity index is 1020. The number of ketones is 1. The van der Waals surface area contributed by atoms with Crippen molar-refractivity contribution in [2.24, 2.45) is 5.92 Å². The number of allylic oxidation sites excluding steroid dienone is 1. The van der Waals surface area contributed by atoms with Gasteiger partial charge in [0.15, 0.2) is 5.78 Å². The topological polar surface area (TPSA) is 39.1 Å². The van der Waals surface area contributed by atoms with Gasteiger partial charge in [0.2, 0.25) is 0 Å². The lowest BCUT2D eigenvalue weighted by Crippen LogP contribution is -2.09. The van der Waals surface area contributed by atoms with E-state index in [1.165, 1.54) is 6.08 Å². The first kappa shape index (κ1) is 19.8. The Morgan fingerprint density at radius 1 is 1.07 bits per heavy atom. The highest BCUT2D eigenvalue weighted by Gasteiger charge is 2.24. The molecule has 0 saturated carbocycles. The van der Waals surface area contributed by atoms with Crippen LogP contribution in [-0.2, 0) is 11.3 Å². The molecule has 3 aromatic rings. The Balaban J connectivity index is 2.29. The summed E-state index contributed by atoms with van der Waals surface area (Å²) in [4.78, 5) is 24.4. The van der Waals surface area contributed by atoms with Crippen molar-refractivity contribution < 1.29 is 9.59 Å². The summed E-state index contributed by atoms with van der Waals surface area (Å²) in [5.74, 6) is 0.235. The monoisotopic (exact) mass is 391 g/mol. The normalized spacial score (nSPS) is 11.3. The van der Waals surface area contributed by atoms with Gasteiger partial charge in [-0.2, -0.15) is 0 Å². The number of aromatic nitrogens is 1. The molecular formula is C24H22ClNO2. The van der Waals surface area contributed by atoms with Crippen LogP contribution < -0.4 is 0 Å². The molecule has 1 heterocycles. The molecule has 0 amide bonds. The van der Waals surface area contributed by atoms with Gasteiger partial charge in [0.1, 0.15) is 6.29 Å². The highest BCUT2D eigenvalue weighted by atomic mass is 35.5. The first-order chi connectivity index (χ1) is 13.5. The number of hydrogen-bond donors (Lipinski definition) is 0. The van der Waals surface area contributed by atoms with Gasteiger partial charge >= 0.3 is 0 Å². The summed E-state index contributed by atoms with van der Waals surface area (Å²) >= 11 is 6.31. The molecule has 0 spiro atoms. The minimum atomic E-state index is -0.155. The van der Waals surface area contributed by atoms with Crippen LogP contribution in [0.3, 0.4) is 0 Å². The third-order valence-corrected chi connectivity index (χ3v) is 4.75. The molecular weight excluding hydrogens is 370 g/mol. The summed E-state index contributed by atoms with van der Waals surface area (Å²) in [6.07, 6.45) is 5.74. The molecule has 4 heteroatoms. The summed E-state index contributed by atoms with van der Waals surface area (Å²) in [5, 5.41) is 0.411. The number of hydrogen-bond acceptors (Lipinski definition) is 2. The maximum Gasteiger partial charge on any atom is 0.197 e. The number of nitrogens with zero attached hydrogens (tertiary/aromatic N) is 1. The van der Waals surface area contributed by atoms with Crippen LogP contribution in [-0.4, -0.2) is 16.6 Å². The molecule has 0 aliphatic heterocycles. The molecule has 3 rings (SSSR count). The Morgan fingerprint density at radius 2 is 1.75 bits per heavy atom. The van der Waals surface area contributed by atoms with Crippen LogP contribution in [0.4, 0.5) is 0 Å². The smallest absolute Gasteiger partial charge is 0.197 e. The van der Waals surface area contributed by atoms with Crippen LogP contribution in [0.25, 0.3) is 17.3 Å². The summed E-state index contributed by atoms with van der Waals surface area (Å²) < 4.78 is 2.09. The maximum absolute atomic E-state index is 13.5. The van der Waals surface area contributed by atoms with Crippen LogP contribution in [0.15, 0.2) is 66.9 Å². The largest absolute Gasteiger partial charge is 0.346 e. The first-order valence-electron chi connectivity index (χ1n) is 9.22. The Labute approximate surface area is 170 Å². The van der Waals surface area contributed by atoms with E-state index in [-0.39, 0.29) is 5.78 Å². The fraction of sp³-hybridized carbons (Fsp3) is 0.167. The molecule has 0 aliphatic rings. The van der Waals surface area contributed by atoms with Crippen molar-refractivity contribution in [3.8, 4) is 11.3 Å². The fourth-order valence-corrected chi connectivity index (χ4v) is 3.53. The molecule has 3 nitrogen and oxygen atoms in total. The number of benzene rings is 2. The summed E-state index contributed by atoms with van der Waals surface area (Å²) in [6, 6.07) is 16.9. The van der Waals surface area contributed by atoms with Gasteiger partial charge in [-0.3, -0.25) is 9.59 Å². The molecule has 142 valence electrons. The van der Waals surface area contributed by atoms with E-state index < -0.39 is 0 Å². The van der Waals surface area contributed by atoms with E-state index in [0.29, 0.717) is 33.9 Å². The average Bonchev–Trinajstić information content (AvgIpc) is 3.04. The van der Waals surface area contributed by atoms with E-state index in [1.54, 1.807) is 30.3 Å². The molecule has 0 unspecified atom stereocenters. The minimum Gasteiger partial charge on any atom is -0.346 e. The zero-order valence-corrected chi connectivity index (χ0v) is 16.7. The summed E-state index contributed by atoms with van der Waals surface area (Å²) in [7, 11) is 0. The molecule has 0 bridgehead atoms. The highest BCUT2D eigenvalue weighted by Crippen LogP contribution is 2.33. The molecule has 0 aliphatic carbocycles. The van der Waals surface area contributed by atoms with Crippen molar-refractivity contribution in [2.45, 2.75) is 20.4 Å². The van der Waals surface area contributed by atoms with Crippen LogP contribution in [0.1, 0.15) is 35.3 Å². The van der Waals surface area contributed by atoms with Gasteiger partial charge in [-0.15, -0.1) is 0 Å². The zero-order valence-electron chi connectivity index (χ0n) is 15.9. The van der Waals surface area contributed by atoms with Crippen molar-refractivity contribution in [1.82, 2.24) is 4.57 Å². The van der Waals surface area contributed by atoms with Crippen molar-refractivity contribution in [3.63, 3.8) is 0 Å². The number of halogens is 1.